The van der Waals surface area contributed by atoms with Crippen molar-refractivity contribution in [2.75, 3.05) is 27.7 Å². The number of nitrogens with one attached hydrogen (secondary N) is 1. The number of aryl methyl sites for hydroxylation is 1. The maximum atomic E-state index is 14.5. The summed E-state index contributed by atoms with van der Waals surface area (Å²) in [4.78, 5) is 29.8. The van der Waals surface area contributed by atoms with Crippen molar-refractivity contribution in [1.29, 1.82) is 0 Å². The van der Waals surface area contributed by atoms with Crippen LogP contribution in [-0.2, 0) is 51.1 Å². The van der Waals surface area contributed by atoms with Crippen molar-refractivity contribution in [3.63, 3.8) is 0 Å². The molecule has 2 aromatic rings. The molecule has 5 rings (SSSR count). The highest BCUT2D eigenvalue weighted by atomic mass is 16.7. The Morgan fingerprint density at radius 1 is 0.959 bits per heavy atom. The molecule has 1 aromatic carbocycles. The lowest BCUT2D eigenvalue weighted by atomic mass is 9.77. The molecule has 0 bridgehead atoms. The summed E-state index contributed by atoms with van der Waals surface area (Å²) in [6, 6.07) is 6.87. The minimum atomic E-state index is -1.85. The third kappa shape index (κ3) is 15.0. The monoisotopic (exact) mass is 1030 g/mol. The van der Waals surface area contributed by atoms with Crippen molar-refractivity contribution in [3.05, 3.63) is 36.0 Å². The normalized spacial score (nSPS) is 38.6. The molecule has 0 saturated carbocycles. The van der Waals surface area contributed by atoms with Crippen LogP contribution in [0.5, 0.6) is 0 Å². The molecule has 18 atom stereocenters. The molecule has 3 fully saturated rings. The van der Waals surface area contributed by atoms with Gasteiger partial charge < -0.3 is 58.9 Å². The van der Waals surface area contributed by atoms with Gasteiger partial charge in [-0.05, 0) is 106 Å². The Labute approximate surface area is 432 Å². The van der Waals surface area contributed by atoms with Crippen LogP contribution in [0.3, 0.4) is 0 Å². The van der Waals surface area contributed by atoms with E-state index in [0.717, 1.165) is 30.4 Å². The number of cyclic esters (lactones) is 1. The lowest BCUT2D eigenvalue weighted by Crippen LogP contribution is -2.60. The van der Waals surface area contributed by atoms with E-state index in [-0.39, 0.29) is 43.6 Å². The Hall–Kier alpha value is -3.22. The molecule has 0 radical (unpaired) electrons. The van der Waals surface area contributed by atoms with E-state index in [2.05, 4.69) is 15.2 Å². The Bertz CT molecular complexity index is 2040. The zero-order valence-electron chi connectivity index (χ0n) is 45.7. The average Bonchev–Trinajstić information content (AvgIpc) is 3.82. The van der Waals surface area contributed by atoms with E-state index in [9.17, 15) is 35.1 Å². The number of aliphatic hydroxyl groups excluding tert-OH is 3. The van der Waals surface area contributed by atoms with Gasteiger partial charge in [-0.1, -0.05) is 63.1 Å². The number of aliphatic hydroxyl groups is 5. The van der Waals surface area contributed by atoms with Crippen molar-refractivity contribution in [3.8, 4) is 11.3 Å². The maximum Gasteiger partial charge on any atom is 0.311 e. The first-order chi connectivity index (χ1) is 34.3. The van der Waals surface area contributed by atoms with Crippen LogP contribution in [0.2, 0.25) is 0 Å². The Morgan fingerprint density at radius 2 is 1.64 bits per heavy atom. The predicted octanol–water partition coefficient (Wildman–Crippen LogP) is 4.19. The fourth-order valence-electron chi connectivity index (χ4n) is 11.5. The van der Waals surface area contributed by atoms with Crippen LogP contribution in [0.1, 0.15) is 133 Å². The van der Waals surface area contributed by atoms with Gasteiger partial charge in [0.05, 0.1) is 47.7 Å². The van der Waals surface area contributed by atoms with E-state index >= 15 is 0 Å². The fraction of sp³-hybridized carbons (Fsp3) is 0.811. The largest absolute Gasteiger partial charge is 0.459 e. The lowest BCUT2D eigenvalue weighted by molar-refractivity contribution is -0.318. The number of hydroxylamine groups is 1. The minimum absolute atomic E-state index is 0.0929. The second-order valence-electron chi connectivity index (χ2n) is 22.3. The first-order valence-corrected chi connectivity index (χ1v) is 26.5. The first kappa shape index (κ1) is 60.6. The highest BCUT2D eigenvalue weighted by molar-refractivity contribution is 5.74. The van der Waals surface area contributed by atoms with E-state index in [0.29, 0.717) is 38.2 Å². The number of likely N-dealkylation sites (N-methyl/N-ethyl adjacent to an activating group) is 2. The van der Waals surface area contributed by atoms with Gasteiger partial charge in [0.15, 0.2) is 12.6 Å². The molecular weight excluding hydrogens is 945 g/mol. The summed E-state index contributed by atoms with van der Waals surface area (Å²) in [7, 11) is 5.28. The molecule has 0 aliphatic carbocycles. The van der Waals surface area contributed by atoms with E-state index in [1.165, 1.54) is 14.0 Å². The number of rotatable bonds is 17. The number of methoxy groups -OCH3 is 1. The van der Waals surface area contributed by atoms with Gasteiger partial charge >= 0.3 is 5.97 Å². The molecule has 20 heteroatoms. The number of nitrogens with zero attached hydrogens (tertiary/aromatic N) is 5. The van der Waals surface area contributed by atoms with Crippen molar-refractivity contribution >= 4 is 11.9 Å². The molecule has 3 saturated heterocycles. The molecule has 7 N–H and O–H groups in total. The summed E-state index contributed by atoms with van der Waals surface area (Å²) >= 11 is 0. The van der Waals surface area contributed by atoms with Gasteiger partial charge in [0.25, 0.3) is 0 Å². The second-order valence-corrected chi connectivity index (χ2v) is 22.3. The van der Waals surface area contributed by atoms with Crippen LogP contribution in [0.15, 0.2) is 30.5 Å². The summed E-state index contributed by atoms with van der Waals surface area (Å²) in [6.07, 6.45) is -3.81. The van der Waals surface area contributed by atoms with Gasteiger partial charge in [0.1, 0.15) is 35.7 Å². The summed E-state index contributed by atoms with van der Waals surface area (Å²) in [5, 5.41) is 77.6. The van der Waals surface area contributed by atoms with Crippen molar-refractivity contribution in [2.24, 2.45) is 17.8 Å². The number of aromatic nitrogens is 3. The van der Waals surface area contributed by atoms with Gasteiger partial charge in [0.2, 0.25) is 5.91 Å². The number of ether oxygens (including phenoxy) is 6. The fourth-order valence-corrected chi connectivity index (χ4v) is 11.5. The van der Waals surface area contributed by atoms with Crippen LogP contribution in [-0.4, -0.2) is 185 Å². The summed E-state index contributed by atoms with van der Waals surface area (Å²) in [5.74, 6) is -3.22. The van der Waals surface area contributed by atoms with Crippen LogP contribution in [0.4, 0.5) is 0 Å². The zero-order chi connectivity index (χ0) is 54.2. The van der Waals surface area contributed by atoms with Crippen LogP contribution < -0.4 is 5.48 Å². The highest BCUT2D eigenvalue weighted by Crippen LogP contribution is 2.40. The summed E-state index contributed by atoms with van der Waals surface area (Å²) < 4.78 is 40.3. The van der Waals surface area contributed by atoms with Gasteiger partial charge in [0, 0.05) is 63.2 Å². The smallest absolute Gasteiger partial charge is 0.311 e. The maximum absolute atomic E-state index is 14.5. The molecule has 0 spiro atoms. The molecule has 73 heavy (non-hydrogen) atoms. The number of carbonyl (C=O) groups excluding carboxylic acids is 2. The third-order valence-corrected chi connectivity index (χ3v) is 16.0. The van der Waals surface area contributed by atoms with Crippen molar-refractivity contribution in [1.82, 2.24) is 30.3 Å². The van der Waals surface area contributed by atoms with Crippen molar-refractivity contribution in [2.45, 2.75) is 230 Å². The molecule has 3 aliphatic heterocycles. The zero-order valence-corrected chi connectivity index (χ0v) is 45.7. The number of benzene rings is 1. The van der Waals surface area contributed by atoms with E-state index < -0.39 is 102 Å². The summed E-state index contributed by atoms with van der Waals surface area (Å²) in [5.41, 5.74) is -0.334. The predicted molar refractivity (Wildman–Crippen MR) is 270 cm³/mol. The highest BCUT2D eigenvalue weighted by Gasteiger charge is 2.53. The Kier molecular flexibility index (Phi) is 21.8. The van der Waals surface area contributed by atoms with E-state index in [4.69, 9.17) is 33.6 Å². The minimum Gasteiger partial charge on any atom is -0.459 e. The molecule has 20 nitrogen and oxygen atoms in total. The van der Waals surface area contributed by atoms with Gasteiger partial charge in [-0.25, -0.2) is 5.48 Å². The SMILES string of the molecule is CC[C@H]1OC(=O)[C@H](C)[C@@H](O[C@H]2C[C@@](C)(OC)[C@@H](O)[C@H](C)O2)[C@H](C)[C@@H](O[C@@H]2O[C@H](C)C[C@H](N(C)Cc3ccccc3-c3cn(CCCCCCC(=O)NO)nn3)[C@@H]2O)[C@](C)(O)C[C@@H](C)CN(C)[C@H](C)[C@@H](O)[C@]1(C)O. The molecule has 3 aliphatic rings. The van der Waals surface area contributed by atoms with Crippen LogP contribution in [0.25, 0.3) is 11.3 Å². The summed E-state index contributed by atoms with van der Waals surface area (Å²) in [6.45, 7) is 19.0. The van der Waals surface area contributed by atoms with Crippen LogP contribution >= 0.6 is 0 Å². The number of amides is 1. The topological polar surface area (TPSA) is 260 Å². The Balaban J connectivity index is 1.45. The molecular formula is C53H90N6O14. The van der Waals surface area contributed by atoms with Crippen molar-refractivity contribution < 1.29 is 68.8 Å². The quantitative estimate of drug-likeness (QED) is 0.0507. The van der Waals surface area contributed by atoms with Gasteiger partial charge in [-0.2, -0.15) is 0 Å². The average molecular weight is 1040 g/mol. The van der Waals surface area contributed by atoms with Gasteiger partial charge in [-0.3, -0.25) is 24.4 Å². The number of esters is 1. The van der Waals surface area contributed by atoms with E-state index in [1.54, 1.807) is 47.0 Å². The lowest BCUT2D eigenvalue weighted by Gasteiger charge is -2.49. The standard InChI is InChI=1S/C53H90N6O14/c1-14-41-53(10,66)46(62)35(6)57(11)28-31(2)26-51(8,65)48(33(4)45(34(5)49(64)71-41)72-43-27-52(9,68-13)47(63)36(7)70-43)73-50-44(61)40(25-32(3)69-50)58(12)29-37-21-18-19-22-38(37)39-30-59(56-54-39)24-20-16-15-17-23-42(60)55-67/h18-19,21-22,30-36,40-41,43-48,50,61-63,65-67H,14-17,20,23-29H2,1-13H3,(H,55,60)/t31-,32-,33+,34-,35-,36+,40+,41-,43+,44+,45+,46-,47+,48-,50+,51-,52-,53-/m1/s1. The third-order valence-electron chi connectivity index (χ3n) is 16.0. The molecule has 4 heterocycles. The molecule has 1 aromatic heterocycles. The molecule has 1 amide bonds. The first-order valence-electron chi connectivity index (χ1n) is 26.5. The number of hydrogen-bond donors (Lipinski definition) is 7. The van der Waals surface area contributed by atoms with Crippen LogP contribution in [0, 0.1) is 17.8 Å². The Morgan fingerprint density at radius 3 is 2.32 bits per heavy atom. The number of carbonyl (C=O) groups is 2. The van der Waals surface area contributed by atoms with E-state index in [1.807, 2.05) is 74.9 Å². The van der Waals surface area contributed by atoms with Gasteiger partial charge in [-0.15, -0.1) is 5.10 Å². The second kappa shape index (κ2) is 26.2. The molecule has 0 unspecified atom stereocenters. The number of hydrogen-bond acceptors (Lipinski definition) is 18. The number of unbranched alkanes of at least 4 members (excludes halogenated alkanes) is 3. The molecule has 416 valence electrons.